The van der Waals surface area contributed by atoms with Crippen LogP contribution in [-0.4, -0.2) is 38.3 Å². The molecular formula is C17H21N3O3. The Bertz CT molecular complexity index is 657. The lowest BCUT2D eigenvalue weighted by Gasteiger charge is -2.12. The second-order valence-electron chi connectivity index (χ2n) is 5.01. The standard InChI is InChI=1S/C17H21N3O3/c1-12-4-7-16(23-3)15(10-12)20-13-5-6-14(19-11-13)17(21)18-8-9-22-2/h4-7,10-11,20H,8-9H2,1-3H3,(H,18,21). The fraction of sp³-hybridized carbons (Fsp3) is 0.294. The Morgan fingerprint density at radius 1 is 1.22 bits per heavy atom. The molecule has 6 nitrogen and oxygen atoms in total. The summed E-state index contributed by atoms with van der Waals surface area (Å²) in [5.41, 5.74) is 3.12. The molecule has 0 fully saturated rings. The van der Waals surface area contributed by atoms with Crippen molar-refractivity contribution in [1.82, 2.24) is 10.3 Å². The number of nitrogens with zero attached hydrogens (tertiary/aromatic N) is 1. The van der Waals surface area contributed by atoms with Gasteiger partial charge in [-0.3, -0.25) is 4.79 Å². The van der Waals surface area contributed by atoms with Gasteiger partial charge in [-0.25, -0.2) is 4.98 Å². The van der Waals surface area contributed by atoms with Crippen molar-refractivity contribution in [3.8, 4) is 5.75 Å². The molecule has 0 radical (unpaired) electrons. The van der Waals surface area contributed by atoms with E-state index in [9.17, 15) is 4.79 Å². The van der Waals surface area contributed by atoms with E-state index in [2.05, 4.69) is 15.6 Å². The molecule has 1 amide bonds. The summed E-state index contributed by atoms with van der Waals surface area (Å²) in [5, 5.41) is 5.97. The number of methoxy groups -OCH3 is 2. The molecule has 0 saturated heterocycles. The minimum Gasteiger partial charge on any atom is -0.495 e. The van der Waals surface area contributed by atoms with Crippen LogP contribution in [-0.2, 0) is 4.74 Å². The van der Waals surface area contributed by atoms with E-state index in [1.165, 1.54) is 0 Å². The van der Waals surface area contributed by atoms with Gasteiger partial charge in [0.1, 0.15) is 11.4 Å². The van der Waals surface area contributed by atoms with Crippen LogP contribution in [0.1, 0.15) is 16.1 Å². The van der Waals surface area contributed by atoms with Crippen LogP contribution < -0.4 is 15.4 Å². The number of benzene rings is 1. The molecule has 2 rings (SSSR count). The second-order valence-corrected chi connectivity index (χ2v) is 5.01. The Hall–Kier alpha value is -2.60. The molecule has 0 spiro atoms. The van der Waals surface area contributed by atoms with Crippen LogP contribution in [0.5, 0.6) is 5.75 Å². The van der Waals surface area contributed by atoms with Gasteiger partial charge in [0.05, 0.1) is 31.3 Å². The molecule has 6 heteroatoms. The number of rotatable bonds is 7. The van der Waals surface area contributed by atoms with E-state index in [1.54, 1.807) is 32.5 Å². The summed E-state index contributed by atoms with van der Waals surface area (Å²) in [5.74, 6) is 0.527. The summed E-state index contributed by atoms with van der Waals surface area (Å²) in [6.07, 6.45) is 1.62. The van der Waals surface area contributed by atoms with Crippen LogP contribution in [0.2, 0.25) is 0 Å². The Balaban J connectivity index is 2.05. The molecule has 0 aliphatic rings. The first kappa shape index (κ1) is 16.8. The predicted molar refractivity (Wildman–Crippen MR) is 89.5 cm³/mol. The summed E-state index contributed by atoms with van der Waals surface area (Å²) in [4.78, 5) is 16.0. The first-order valence-corrected chi connectivity index (χ1v) is 7.29. The number of hydrogen-bond donors (Lipinski definition) is 2. The third-order valence-corrected chi connectivity index (χ3v) is 3.22. The van der Waals surface area contributed by atoms with Gasteiger partial charge in [-0.15, -0.1) is 0 Å². The fourth-order valence-electron chi connectivity index (χ4n) is 2.03. The molecule has 0 atom stereocenters. The molecule has 1 heterocycles. The number of aryl methyl sites for hydroxylation is 1. The van der Waals surface area contributed by atoms with E-state index >= 15 is 0 Å². The lowest BCUT2D eigenvalue weighted by atomic mass is 10.2. The summed E-state index contributed by atoms with van der Waals surface area (Å²) < 4.78 is 10.2. The number of hydrogen-bond acceptors (Lipinski definition) is 5. The van der Waals surface area contributed by atoms with E-state index in [0.29, 0.717) is 18.8 Å². The number of ether oxygens (including phenoxy) is 2. The lowest BCUT2D eigenvalue weighted by molar-refractivity contribution is 0.0932. The van der Waals surface area contributed by atoms with Crippen LogP contribution in [0.4, 0.5) is 11.4 Å². The maximum absolute atomic E-state index is 11.9. The van der Waals surface area contributed by atoms with Crippen molar-refractivity contribution in [3.05, 3.63) is 47.8 Å². The van der Waals surface area contributed by atoms with Crippen LogP contribution in [0.3, 0.4) is 0 Å². The highest BCUT2D eigenvalue weighted by Gasteiger charge is 2.08. The zero-order valence-electron chi connectivity index (χ0n) is 13.6. The molecule has 122 valence electrons. The summed E-state index contributed by atoms with van der Waals surface area (Å²) in [7, 11) is 3.21. The smallest absolute Gasteiger partial charge is 0.269 e. The fourth-order valence-corrected chi connectivity index (χ4v) is 2.03. The Kier molecular flexibility index (Phi) is 5.94. The van der Waals surface area contributed by atoms with Crippen molar-refractivity contribution in [3.63, 3.8) is 0 Å². The van der Waals surface area contributed by atoms with Crippen molar-refractivity contribution < 1.29 is 14.3 Å². The zero-order chi connectivity index (χ0) is 16.7. The predicted octanol–water partition coefficient (Wildman–Crippen LogP) is 2.52. The Morgan fingerprint density at radius 2 is 2.04 bits per heavy atom. The molecule has 2 N–H and O–H groups in total. The van der Waals surface area contributed by atoms with Crippen LogP contribution >= 0.6 is 0 Å². The SMILES string of the molecule is COCCNC(=O)c1ccc(Nc2cc(C)ccc2OC)cn1. The van der Waals surface area contributed by atoms with Crippen LogP contribution in [0.15, 0.2) is 36.5 Å². The van der Waals surface area contributed by atoms with Crippen molar-refractivity contribution in [2.45, 2.75) is 6.92 Å². The highest BCUT2D eigenvalue weighted by molar-refractivity contribution is 5.92. The average Bonchev–Trinajstić information content (AvgIpc) is 2.56. The second kappa shape index (κ2) is 8.14. The molecule has 0 aliphatic heterocycles. The van der Waals surface area contributed by atoms with Gasteiger partial charge in [0.2, 0.25) is 0 Å². The summed E-state index contributed by atoms with van der Waals surface area (Å²) in [6, 6.07) is 9.36. The van der Waals surface area contributed by atoms with Gasteiger partial charge < -0.3 is 20.1 Å². The van der Waals surface area contributed by atoms with Crippen LogP contribution in [0, 0.1) is 6.92 Å². The summed E-state index contributed by atoms with van der Waals surface area (Å²) in [6.45, 7) is 2.94. The molecule has 2 aromatic rings. The maximum atomic E-state index is 11.9. The number of nitrogens with one attached hydrogen (secondary N) is 2. The molecule has 0 unspecified atom stereocenters. The molecule has 23 heavy (non-hydrogen) atoms. The number of amides is 1. The molecule has 1 aromatic carbocycles. The lowest BCUT2D eigenvalue weighted by Crippen LogP contribution is -2.27. The number of anilines is 2. The van der Waals surface area contributed by atoms with Crippen molar-refractivity contribution in [2.24, 2.45) is 0 Å². The number of carbonyl (C=O) groups excluding carboxylic acids is 1. The highest BCUT2D eigenvalue weighted by Crippen LogP contribution is 2.28. The van der Waals surface area contributed by atoms with Gasteiger partial charge in [-0.05, 0) is 36.8 Å². The van der Waals surface area contributed by atoms with Gasteiger partial charge in [0.15, 0.2) is 0 Å². The van der Waals surface area contributed by atoms with Gasteiger partial charge in [0, 0.05) is 13.7 Å². The molecule has 1 aromatic heterocycles. The van der Waals surface area contributed by atoms with Crippen molar-refractivity contribution in [1.29, 1.82) is 0 Å². The van der Waals surface area contributed by atoms with Gasteiger partial charge >= 0.3 is 0 Å². The van der Waals surface area contributed by atoms with E-state index in [0.717, 1.165) is 22.7 Å². The molecule has 0 bridgehead atoms. The monoisotopic (exact) mass is 315 g/mol. The average molecular weight is 315 g/mol. The minimum absolute atomic E-state index is 0.221. The number of pyridine rings is 1. The largest absolute Gasteiger partial charge is 0.495 e. The normalized spacial score (nSPS) is 10.2. The van der Waals surface area contributed by atoms with E-state index in [4.69, 9.17) is 9.47 Å². The van der Waals surface area contributed by atoms with Gasteiger partial charge in [-0.2, -0.15) is 0 Å². The van der Waals surface area contributed by atoms with Crippen molar-refractivity contribution in [2.75, 3.05) is 32.7 Å². The zero-order valence-corrected chi connectivity index (χ0v) is 13.6. The highest BCUT2D eigenvalue weighted by atomic mass is 16.5. The minimum atomic E-state index is -0.221. The van der Waals surface area contributed by atoms with Crippen molar-refractivity contribution >= 4 is 17.3 Å². The first-order chi connectivity index (χ1) is 11.1. The Labute approximate surface area is 135 Å². The maximum Gasteiger partial charge on any atom is 0.269 e. The molecule has 0 aliphatic carbocycles. The molecule has 0 saturated carbocycles. The summed E-state index contributed by atoms with van der Waals surface area (Å²) >= 11 is 0. The Morgan fingerprint density at radius 3 is 2.70 bits per heavy atom. The van der Waals surface area contributed by atoms with E-state index < -0.39 is 0 Å². The third-order valence-electron chi connectivity index (χ3n) is 3.22. The topological polar surface area (TPSA) is 72.5 Å². The van der Waals surface area contributed by atoms with Crippen LogP contribution in [0.25, 0.3) is 0 Å². The van der Waals surface area contributed by atoms with Gasteiger partial charge in [-0.1, -0.05) is 6.07 Å². The van der Waals surface area contributed by atoms with E-state index in [-0.39, 0.29) is 5.91 Å². The van der Waals surface area contributed by atoms with Gasteiger partial charge in [0.25, 0.3) is 5.91 Å². The first-order valence-electron chi connectivity index (χ1n) is 7.29. The number of aromatic nitrogens is 1. The molecular weight excluding hydrogens is 294 g/mol. The van der Waals surface area contributed by atoms with E-state index in [1.807, 2.05) is 25.1 Å². The third kappa shape index (κ3) is 4.69. The quantitative estimate of drug-likeness (QED) is 0.768. The number of carbonyl (C=O) groups is 1.